The summed E-state index contributed by atoms with van der Waals surface area (Å²) in [5.41, 5.74) is 0.772. The Bertz CT molecular complexity index is 1100. The molecule has 2 aromatic carbocycles. The van der Waals surface area contributed by atoms with Gasteiger partial charge in [0.1, 0.15) is 23.3 Å². The first kappa shape index (κ1) is 28.2. The van der Waals surface area contributed by atoms with E-state index in [1.165, 1.54) is 24.6 Å². The number of carbonyl (C=O) groups is 1. The fourth-order valence-corrected chi connectivity index (χ4v) is 6.89. The summed E-state index contributed by atoms with van der Waals surface area (Å²) in [4.78, 5) is 16.7. The van der Waals surface area contributed by atoms with E-state index in [2.05, 4.69) is 9.80 Å². The smallest absolute Gasteiger partial charge is 0.320 e. The lowest BCUT2D eigenvalue weighted by molar-refractivity contribution is -0.144. The first-order valence-electron chi connectivity index (χ1n) is 14.7. The summed E-state index contributed by atoms with van der Waals surface area (Å²) in [5, 5.41) is 10.1. The quantitative estimate of drug-likeness (QED) is 0.354. The molecule has 212 valence electrons. The van der Waals surface area contributed by atoms with Crippen molar-refractivity contribution in [1.29, 1.82) is 0 Å². The number of alkyl halides is 1. The van der Waals surface area contributed by atoms with Gasteiger partial charge in [-0.2, -0.15) is 0 Å². The largest absolute Gasteiger partial charge is 0.480 e. The summed E-state index contributed by atoms with van der Waals surface area (Å²) in [6.07, 6.45) is 7.03. The molecule has 39 heavy (non-hydrogen) atoms. The molecule has 0 amide bonds. The summed E-state index contributed by atoms with van der Waals surface area (Å²) in [7, 11) is 0. The lowest BCUT2D eigenvalue weighted by Crippen LogP contribution is -2.45. The van der Waals surface area contributed by atoms with E-state index in [-0.39, 0.29) is 23.5 Å². The predicted octanol–water partition coefficient (Wildman–Crippen LogP) is 6.45. The Labute approximate surface area is 230 Å². The van der Waals surface area contributed by atoms with Crippen LogP contribution in [0.5, 0.6) is 0 Å². The zero-order chi connectivity index (χ0) is 27.4. The van der Waals surface area contributed by atoms with Crippen molar-refractivity contribution in [3.63, 3.8) is 0 Å². The van der Waals surface area contributed by atoms with Gasteiger partial charge in [0, 0.05) is 38.6 Å². The normalized spacial score (nSPS) is 24.9. The van der Waals surface area contributed by atoms with Crippen molar-refractivity contribution in [2.45, 2.75) is 75.4 Å². The molecule has 4 nitrogen and oxygen atoms in total. The minimum atomic E-state index is -1.18. The Morgan fingerprint density at radius 2 is 1.77 bits per heavy atom. The van der Waals surface area contributed by atoms with Crippen molar-refractivity contribution < 1.29 is 23.1 Å². The minimum Gasteiger partial charge on any atom is -0.480 e. The molecule has 2 saturated heterocycles. The lowest BCUT2D eigenvalue weighted by atomic mass is 9.80. The van der Waals surface area contributed by atoms with Crippen LogP contribution in [0.3, 0.4) is 0 Å². The molecule has 3 fully saturated rings. The second kappa shape index (κ2) is 12.4. The van der Waals surface area contributed by atoms with Crippen molar-refractivity contribution in [3.8, 4) is 0 Å². The molecule has 5 rings (SSSR count). The predicted molar refractivity (Wildman–Crippen MR) is 146 cm³/mol. The number of nitrogens with zero attached hydrogens (tertiary/aromatic N) is 2. The third-order valence-electron chi connectivity index (χ3n) is 9.50. The zero-order valence-corrected chi connectivity index (χ0v) is 22.7. The number of aryl methyl sites for hydroxylation is 1. The van der Waals surface area contributed by atoms with Gasteiger partial charge in [0.2, 0.25) is 0 Å². The second-order valence-corrected chi connectivity index (χ2v) is 12.2. The number of aliphatic carboxylic acids is 1. The molecule has 7 heteroatoms. The highest BCUT2D eigenvalue weighted by molar-refractivity contribution is 5.73. The van der Waals surface area contributed by atoms with E-state index >= 15 is 4.39 Å². The van der Waals surface area contributed by atoms with Crippen LogP contribution in [0, 0.1) is 23.5 Å². The Hall–Kier alpha value is -2.38. The average Bonchev–Trinajstić information content (AvgIpc) is 3.29. The molecule has 3 aliphatic rings. The molecule has 0 aromatic heterocycles. The molecule has 3 atom stereocenters. The Morgan fingerprint density at radius 3 is 2.41 bits per heavy atom. The summed E-state index contributed by atoms with van der Waals surface area (Å²) >= 11 is 0. The van der Waals surface area contributed by atoms with Crippen LogP contribution in [0.15, 0.2) is 48.5 Å². The van der Waals surface area contributed by atoms with E-state index in [0.29, 0.717) is 57.8 Å². The Morgan fingerprint density at radius 1 is 1.03 bits per heavy atom. The summed E-state index contributed by atoms with van der Waals surface area (Å²) in [6, 6.07) is 12.7. The van der Waals surface area contributed by atoms with Crippen LogP contribution in [-0.4, -0.2) is 65.3 Å². The molecule has 0 bridgehead atoms. The third kappa shape index (κ3) is 7.23. The van der Waals surface area contributed by atoms with Gasteiger partial charge in [-0.05, 0) is 85.8 Å². The van der Waals surface area contributed by atoms with Gasteiger partial charge in [0.15, 0.2) is 0 Å². The number of rotatable bonds is 11. The number of likely N-dealkylation sites (tertiary alicyclic amines) is 2. The molecular weight excluding hydrogens is 501 g/mol. The molecule has 1 N–H and O–H groups in total. The third-order valence-corrected chi connectivity index (χ3v) is 9.50. The van der Waals surface area contributed by atoms with Gasteiger partial charge in [-0.1, -0.05) is 43.5 Å². The van der Waals surface area contributed by atoms with Gasteiger partial charge in [0.25, 0.3) is 0 Å². The summed E-state index contributed by atoms with van der Waals surface area (Å²) in [6.45, 7) is 3.38. The van der Waals surface area contributed by atoms with Crippen LogP contribution in [0.4, 0.5) is 13.2 Å². The molecule has 3 unspecified atom stereocenters. The number of hydrogen-bond acceptors (Lipinski definition) is 3. The van der Waals surface area contributed by atoms with Crippen molar-refractivity contribution >= 4 is 5.97 Å². The van der Waals surface area contributed by atoms with Gasteiger partial charge in [-0.25, -0.2) is 13.2 Å². The monoisotopic (exact) mass is 542 g/mol. The number of piperidine rings is 1. The number of hydrogen-bond donors (Lipinski definition) is 1. The first-order valence-corrected chi connectivity index (χ1v) is 14.7. The van der Waals surface area contributed by atoms with E-state index < -0.39 is 17.7 Å². The number of benzene rings is 2. The Balaban J connectivity index is 1.19. The number of carboxylic acid groups (broad SMARTS) is 1. The lowest BCUT2D eigenvalue weighted by Gasteiger charge is -2.38. The van der Waals surface area contributed by atoms with Crippen LogP contribution < -0.4 is 0 Å². The first-order chi connectivity index (χ1) is 18.8. The maximum absolute atomic E-state index is 15.6. The van der Waals surface area contributed by atoms with Crippen molar-refractivity contribution in [2.75, 3.05) is 32.7 Å². The summed E-state index contributed by atoms with van der Waals surface area (Å²) in [5.74, 6) is -0.580. The zero-order valence-electron chi connectivity index (χ0n) is 22.7. The van der Waals surface area contributed by atoms with Crippen LogP contribution in [0.25, 0.3) is 0 Å². The van der Waals surface area contributed by atoms with E-state index in [0.717, 1.165) is 43.4 Å². The number of carboxylic acids is 1. The molecule has 1 aliphatic carbocycles. The molecule has 2 aromatic rings. The molecule has 0 radical (unpaired) electrons. The SMILES string of the molecule is O=C(O)C(CC1CCC1)N1CC(CN2CCC(F)(CCCc3ccc(F)cc3)CC2)C(c2cccc(F)c2)C1. The maximum Gasteiger partial charge on any atom is 0.320 e. The van der Waals surface area contributed by atoms with Crippen molar-refractivity contribution in [3.05, 3.63) is 71.3 Å². The van der Waals surface area contributed by atoms with E-state index in [1.807, 2.05) is 6.07 Å². The van der Waals surface area contributed by atoms with Gasteiger partial charge >= 0.3 is 5.97 Å². The maximum atomic E-state index is 15.6. The van der Waals surface area contributed by atoms with Crippen LogP contribution in [0.2, 0.25) is 0 Å². The minimum absolute atomic E-state index is 0.0525. The Kier molecular flexibility index (Phi) is 8.97. The highest BCUT2D eigenvalue weighted by atomic mass is 19.1. The molecular formula is C32H41F3N2O2. The second-order valence-electron chi connectivity index (χ2n) is 12.2. The van der Waals surface area contributed by atoms with Gasteiger partial charge in [0.05, 0.1) is 0 Å². The number of halogens is 3. The average molecular weight is 543 g/mol. The topological polar surface area (TPSA) is 43.8 Å². The highest BCUT2D eigenvalue weighted by Crippen LogP contribution is 2.39. The van der Waals surface area contributed by atoms with Gasteiger partial charge < -0.3 is 10.0 Å². The van der Waals surface area contributed by atoms with Crippen LogP contribution >= 0.6 is 0 Å². The fourth-order valence-electron chi connectivity index (χ4n) is 6.89. The molecule has 0 spiro atoms. The molecule has 1 saturated carbocycles. The van der Waals surface area contributed by atoms with Gasteiger partial charge in [-0.15, -0.1) is 0 Å². The molecule has 2 aliphatic heterocycles. The standard InChI is InChI=1S/C32H41F3N2O2/c33-27-11-9-23(10-12-27)6-3-13-32(35)14-16-36(17-15-32)20-26-21-37(30(31(38)39)18-24-4-1-5-24)22-29(26)25-7-2-8-28(34)19-25/h2,7-12,19,24,26,29-30H,1,3-6,13-18,20-22H2,(H,38,39). The van der Waals surface area contributed by atoms with Crippen LogP contribution in [-0.2, 0) is 11.2 Å². The summed E-state index contributed by atoms with van der Waals surface area (Å²) < 4.78 is 42.9. The van der Waals surface area contributed by atoms with Crippen LogP contribution in [0.1, 0.15) is 68.4 Å². The van der Waals surface area contributed by atoms with Gasteiger partial charge in [-0.3, -0.25) is 9.69 Å². The van der Waals surface area contributed by atoms with E-state index in [9.17, 15) is 18.7 Å². The molecule has 2 heterocycles. The van der Waals surface area contributed by atoms with E-state index in [1.54, 1.807) is 24.3 Å². The van der Waals surface area contributed by atoms with E-state index in [4.69, 9.17) is 0 Å². The van der Waals surface area contributed by atoms with Crippen molar-refractivity contribution in [2.24, 2.45) is 11.8 Å². The fraction of sp³-hybridized carbons (Fsp3) is 0.594. The highest BCUT2D eigenvalue weighted by Gasteiger charge is 2.42. The van der Waals surface area contributed by atoms with Crippen molar-refractivity contribution in [1.82, 2.24) is 9.80 Å².